The maximum absolute atomic E-state index is 13.0. The standard InChI is InChI=1S/C22H25FN2O3/c1-4-11-25-18-13-17(9-10-19(18)28-14-22(2,3)21(25)27)24-20(26)12-15-5-7-16(23)8-6-15/h5-10,13H,4,11-12,14H2,1-3H3,(H,24,26). The van der Waals surface area contributed by atoms with Crippen molar-refractivity contribution in [1.82, 2.24) is 0 Å². The largest absolute Gasteiger partial charge is 0.490 e. The quantitative estimate of drug-likeness (QED) is 0.842. The number of ether oxygens (including phenoxy) is 1. The molecule has 1 aliphatic heterocycles. The third kappa shape index (κ3) is 4.32. The molecule has 28 heavy (non-hydrogen) atoms. The number of amides is 2. The Hall–Kier alpha value is -2.89. The Morgan fingerprint density at radius 3 is 2.61 bits per heavy atom. The number of nitrogens with one attached hydrogen (secondary N) is 1. The van der Waals surface area contributed by atoms with Gasteiger partial charge in [-0.1, -0.05) is 19.1 Å². The molecule has 0 fully saturated rings. The molecule has 2 amide bonds. The van der Waals surface area contributed by atoms with Crippen molar-refractivity contribution in [2.45, 2.75) is 33.6 Å². The Kier molecular flexibility index (Phi) is 5.68. The van der Waals surface area contributed by atoms with Crippen LogP contribution >= 0.6 is 0 Å². The van der Waals surface area contributed by atoms with Gasteiger partial charge < -0.3 is 15.0 Å². The fraction of sp³-hybridized carbons (Fsp3) is 0.364. The first-order valence-electron chi connectivity index (χ1n) is 9.43. The predicted molar refractivity (Wildman–Crippen MR) is 107 cm³/mol. The number of carbonyl (C=O) groups is 2. The minimum Gasteiger partial charge on any atom is -0.490 e. The lowest BCUT2D eigenvalue weighted by Gasteiger charge is -2.27. The summed E-state index contributed by atoms with van der Waals surface area (Å²) >= 11 is 0. The number of rotatable bonds is 5. The molecule has 6 heteroatoms. The number of benzene rings is 2. The van der Waals surface area contributed by atoms with Crippen molar-refractivity contribution in [3.63, 3.8) is 0 Å². The van der Waals surface area contributed by atoms with Crippen LogP contribution in [0.25, 0.3) is 0 Å². The molecule has 148 valence electrons. The van der Waals surface area contributed by atoms with Crippen LogP contribution < -0.4 is 15.0 Å². The number of carbonyl (C=O) groups excluding carboxylic acids is 2. The molecule has 0 aromatic heterocycles. The fourth-order valence-electron chi connectivity index (χ4n) is 3.16. The average molecular weight is 384 g/mol. The summed E-state index contributed by atoms with van der Waals surface area (Å²) in [6.07, 6.45) is 0.945. The molecule has 0 radical (unpaired) electrons. The second kappa shape index (κ2) is 8.00. The number of halogens is 1. The van der Waals surface area contributed by atoms with Gasteiger partial charge in [-0.3, -0.25) is 9.59 Å². The van der Waals surface area contributed by atoms with Crippen LogP contribution in [0.1, 0.15) is 32.8 Å². The zero-order valence-corrected chi connectivity index (χ0v) is 16.4. The maximum Gasteiger partial charge on any atom is 0.236 e. The highest BCUT2D eigenvalue weighted by Gasteiger charge is 2.37. The van der Waals surface area contributed by atoms with E-state index in [4.69, 9.17) is 4.74 Å². The van der Waals surface area contributed by atoms with E-state index in [0.29, 0.717) is 30.3 Å². The smallest absolute Gasteiger partial charge is 0.236 e. The zero-order chi connectivity index (χ0) is 20.3. The summed E-state index contributed by atoms with van der Waals surface area (Å²) in [6.45, 7) is 6.63. The van der Waals surface area contributed by atoms with E-state index in [-0.39, 0.29) is 24.1 Å². The molecule has 3 rings (SSSR count). The third-order valence-electron chi connectivity index (χ3n) is 4.67. The van der Waals surface area contributed by atoms with Gasteiger partial charge in [-0.05, 0) is 56.2 Å². The lowest BCUT2D eigenvalue weighted by Crippen LogP contribution is -2.42. The Morgan fingerprint density at radius 1 is 1.21 bits per heavy atom. The summed E-state index contributed by atoms with van der Waals surface area (Å²) in [6, 6.07) is 11.1. The molecule has 2 aromatic carbocycles. The van der Waals surface area contributed by atoms with Crippen molar-refractivity contribution in [2.24, 2.45) is 5.41 Å². The van der Waals surface area contributed by atoms with Crippen molar-refractivity contribution >= 4 is 23.2 Å². The molecule has 1 N–H and O–H groups in total. The lowest BCUT2D eigenvalue weighted by molar-refractivity contribution is -0.127. The first-order chi connectivity index (χ1) is 13.3. The predicted octanol–water partition coefficient (Wildman–Crippen LogP) is 4.17. The zero-order valence-electron chi connectivity index (χ0n) is 16.4. The van der Waals surface area contributed by atoms with Crippen LogP contribution in [-0.2, 0) is 16.0 Å². The highest BCUT2D eigenvalue weighted by Crippen LogP contribution is 2.38. The summed E-state index contributed by atoms with van der Waals surface area (Å²) < 4.78 is 18.9. The molecule has 0 unspecified atom stereocenters. The maximum atomic E-state index is 13.0. The number of anilines is 2. The summed E-state index contributed by atoms with van der Waals surface area (Å²) in [5.74, 6) is 0.0834. The van der Waals surface area contributed by atoms with Crippen LogP contribution in [0.15, 0.2) is 42.5 Å². The van der Waals surface area contributed by atoms with Gasteiger partial charge in [0.2, 0.25) is 11.8 Å². The molecule has 2 aromatic rings. The molecule has 5 nitrogen and oxygen atoms in total. The van der Waals surface area contributed by atoms with Gasteiger partial charge in [0.25, 0.3) is 0 Å². The highest BCUT2D eigenvalue weighted by molar-refractivity contribution is 6.00. The summed E-state index contributed by atoms with van der Waals surface area (Å²) in [5, 5.41) is 2.85. The minimum absolute atomic E-state index is 0.00267. The van der Waals surface area contributed by atoms with E-state index in [2.05, 4.69) is 5.32 Å². The van der Waals surface area contributed by atoms with Gasteiger partial charge in [0, 0.05) is 12.2 Å². The summed E-state index contributed by atoms with van der Waals surface area (Å²) in [7, 11) is 0. The van der Waals surface area contributed by atoms with Gasteiger partial charge in [0.05, 0.1) is 17.5 Å². The van der Waals surface area contributed by atoms with Crippen molar-refractivity contribution in [3.05, 3.63) is 53.8 Å². The Bertz CT molecular complexity index is 878. The highest BCUT2D eigenvalue weighted by atomic mass is 19.1. The molecule has 0 bridgehead atoms. The van der Waals surface area contributed by atoms with Crippen molar-refractivity contribution in [2.75, 3.05) is 23.4 Å². The fourth-order valence-corrected chi connectivity index (χ4v) is 3.16. The van der Waals surface area contributed by atoms with E-state index in [0.717, 1.165) is 12.0 Å². The number of hydrogen-bond acceptors (Lipinski definition) is 3. The van der Waals surface area contributed by atoms with Gasteiger partial charge >= 0.3 is 0 Å². The molecular formula is C22H25FN2O3. The molecular weight excluding hydrogens is 359 g/mol. The molecule has 1 heterocycles. The van der Waals surface area contributed by atoms with Gasteiger partial charge in [0.15, 0.2) is 0 Å². The van der Waals surface area contributed by atoms with E-state index < -0.39 is 5.41 Å². The first-order valence-corrected chi connectivity index (χ1v) is 9.43. The van der Waals surface area contributed by atoms with E-state index in [1.165, 1.54) is 12.1 Å². The number of fused-ring (bicyclic) bond motifs is 1. The van der Waals surface area contributed by atoms with Crippen LogP contribution in [0.2, 0.25) is 0 Å². The minimum atomic E-state index is -0.625. The van der Waals surface area contributed by atoms with E-state index in [9.17, 15) is 14.0 Å². The lowest BCUT2D eigenvalue weighted by atomic mass is 9.93. The SMILES string of the molecule is CCCN1C(=O)C(C)(C)COc2ccc(NC(=O)Cc3ccc(F)cc3)cc21. The topological polar surface area (TPSA) is 58.6 Å². The first kappa shape index (κ1) is 19.9. The van der Waals surface area contributed by atoms with E-state index >= 15 is 0 Å². The van der Waals surface area contributed by atoms with Gasteiger partial charge in [-0.15, -0.1) is 0 Å². The average Bonchev–Trinajstić information content (AvgIpc) is 2.74. The second-order valence-corrected chi connectivity index (χ2v) is 7.66. The summed E-state index contributed by atoms with van der Waals surface area (Å²) in [4.78, 5) is 27.0. The summed E-state index contributed by atoms with van der Waals surface area (Å²) in [5.41, 5.74) is 1.35. The van der Waals surface area contributed by atoms with Crippen molar-refractivity contribution in [1.29, 1.82) is 0 Å². The van der Waals surface area contributed by atoms with Crippen molar-refractivity contribution in [3.8, 4) is 5.75 Å². The normalized spacial score (nSPS) is 15.4. The van der Waals surface area contributed by atoms with Gasteiger partial charge in [-0.25, -0.2) is 4.39 Å². The van der Waals surface area contributed by atoms with Crippen LogP contribution in [0, 0.1) is 11.2 Å². The van der Waals surface area contributed by atoms with Crippen molar-refractivity contribution < 1.29 is 18.7 Å². The van der Waals surface area contributed by atoms with Crippen LogP contribution in [0.5, 0.6) is 5.75 Å². The Labute approximate surface area is 164 Å². The van der Waals surface area contributed by atoms with Crippen LogP contribution in [0.4, 0.5) is 15.8 Å². The van der Waals surface area contributed by atoms with Crippen LogP contribution in [0.3, 0.4) is 0 Å². The molecule has 0 spiro atoms. The number of nitrogens with zero attached hydrogens (tertiary/aromatic N) is 1. The third-order valence-corrected chi connectivity index (χ3v) is 4.67. The molecule has 0 aliphatic carbocycles. The van der Waals surface area contributed by atoms with E-state index in [1.807, 2.05) is 20.8 Å². The van der Waals surface area contributed by atoms with Crippen LogP contribution in [-0.4, -0.2) is 25.0 Å². The monoisotopic (exact) mass is 384 g/mol. The van der Waals surface area contributed by atoms with Gasteiger partial charge in [-0.2, -0.15) is 0 Å². The molecule has 0 saturated heterocycles. The molecule has 0 atom stereocenters. The number of hydrogen-bond donors (Lipinski definition) is 1. The Balaban J connectivity index is 1.81. The molecule has 0 saturated carbocycles. The van der Waals surface area contributed by atoms with E-state index in [1.54, 1.807) is 35.2 Å². The Morgan fingerprint density at radius 2 is 1.93 bits per heavy atom. The van der Waals surface area contributed by atoms with Gasteiger partial charge in [0.1, 0.15) is 18.2 Å². The molecule has 1 aliphatic rings. The second-order valence-electron chi connectivity index (χ2n) is 7.66.